The Morgan fingerprint density at radius 1 is 1.18 bits per heavy atom. The third kappa shape index (κ3) is 4.70. The van der Waals surface area contributed by atoms with Crippen LogP contribution in [0.4, 0.5) is 17.6 Å². The van der Waals surface area contributed by atoms with Crippen LogP contribution in [0, 0.1) is 5.82 Å². The topological polar surface area (TPSA) is 72.7 Å². The molecule has 6 nitrogen and oxygen atoms in total. The first kappa shape index (κ1) is 19.5. The Morgan fingerprint density at radius 3 is 2.57 bits per heavy atom. The van der Waals surface area contributed by atoms with Crippen molar-refractivity contribution in [2.24, 2.45) is 0 Å². The lowest BCUT2D eigenvalue weighted by molar-refractivity contribution is -0.137. The summed E-state index contributed by atoms with van der Waals surface area (Å²) in [4.78, 5) is 13.1. The van der Waals surface area contributed by atoms with Crippen molar-refractivity contribution in [2.45, 2.75) is 25.7 Å². The molecule has 0 aliphatic carbocycles. The molecule has 1 atom stereocenters. The van der Waals surface area contributed by atoms with E-state index in [-0.39, 0.29) is 29.8 Å². The zero-order valence-electron chi connectivity index (χ0n) is 14.6. The van der Waals surface area contributed by atoms with Crippen molar-refractivity contribution < 1.29 is 22.4 Å². The third-order valence-electron chi connectivity index (χ3n) is 3.93. The molecule has 1 aromatic heterocycles. The number of carbonyl (C=O) groups excluding carboxylic acids is 1. The molecule has 10 heteroatoms. The SMILES string of the molecule is CC(NC(=O)Cn1nnc(-c2cccc(C(F)(F)F)c2)n1)c1ccc(F)cc1. The normalized spacial score (nSPS) is 12.6. The van der Waals surface area contributed by atoms with Crippen molar-refractivity contribution in [1.29, 1.82) is 0 Å². The fraction of sp³-hybridized carbons (Fsp3) is 0.222. The van der Waals surface area contributed by atoms with Gasteiger partial charge in [-0.2, -0.15) is 18.0 Å². The second-order valence-corrected chi connectivity index (χ2v) is 6.06. The summed E-state index contributed by atoms with van der Waals surface area (Å²) < 4.78 is 51.4. The van der Waals surface area contributed by atoms with E-state index in [0.717, 1.165) is 16.9 Å². The van der Waals surface area contributed by atoms with Crippen LogP contribution in [0.2, 0.25) is 0 Å². The van der Waals surface area contributed by atoms with E-state index in [1.807, 2.05) is 0 Å². The van der Waals surface area contributed by atoms with Crippen molar-refractivity contribution in [3.63, 3.8) is 0 Å². The molecule has 0 aliphatic heterocycles. The van der Waals surface area contributed by atoms with E-state index in [1.54, 1.807) is 19.1 Å². The molecule has 1 heterocycles. The van der Waals surface area contributed by atoms with E-state index in [9.17, 15) is 22.4 Å². The van der Waals surface area contributed by atoms with E-state index in [0.29, 0.717) is 5.56 Å². The minimum absolute atomic E-state index is 0.0227. The van der Waals surface area contributed by atoms with Crippen LogP contribution in [0.5, 0.6) is 0 Å². The predicted octanol–water partition coefficient (Wildman–Crippen LogP) is 3.38. The number of nitrogens with zero attached hydrogens (tertiary/aromatic N) is 4. The number of benzene rings is 2. The zero-order chi connectivity index (χ0) is 20.3. The highest BCUT2D eigenvalue weighted by molar-refractivity contribution is 5.76. The molecule has 0 saturated heterocycles. The maximum absolute atomic E-state index is 13.0. The second kappa shape index (κ2) is 7.75. The van der Waals surface area contributed by atoms with Crippen LogP contribution in [0.25, 0.3) is 11.4 Å². The van der Waals surface area contributed by atoms with Gasteiger partial charge in [-0.1, -0.05) is 24.3 Å². The number of nitrogens with one attached hydrogen (secondary N) is 1. The molecule has 146 valence electrons. The Kier molecular flexibility index (Phi) is 5.39. The van der Waals surface area contributed by atoms with Crippen LogP contribution in [-0.2, 0) is 17.5 Å². The molecular weight excluding hydrogens is 378 g/mol. The molecule has 0 spiro atoms. The number of carbonyl (C=O) groups is 1. The Bertz CT molecular complexity index is 969. The summed E-state index contributed by atoms with van der Waals surface area (Å²) in [5.41, 5.74) is 0.0272. The summed E-state index contributed by atoms with van der Waals surface area (Å²) in [5, 5.41) is 14.1. The van der Waals surface area contributed by atoms with E-state index < -0.39 is 17.6 Å². The molecule has 3 aromatic rings. The Morgan fingerprint density at radius 2 is 1.89 bits per heavy atom. The lowest BCUT2D eigenvalue weighted by Gasteiger charge is -2.13. The van der Waals surface area contributed by atoms with Gasteiger partial charge in [0.2, 0.25) is 11.7 Å². The van der Waals surface area contributed by atoms with Crippen molar-refractivity contribution in [3.8, 4) is 11.4 Å². The van der Waals surface area contributed by atoms with Gasteiger partial charge in [0.25, 0.3) is 0 Å². The number of hydrogen-bond acceptors (Lipinski definition) is 4. The molecule has 3 rings (SSSR count). The number of rotatable bonds is 5. The zero-order valence-corrected chi connectivity index (χ0v) is 14.6. The molecule has 1 unspecified atom stereocenters. The molecule has 0 aliphatic rings. The quantitative estimate of drug-likeness (QED) is 0.675. The van der Waals surface area contributed by atoms with Crippen LogP contribution in [0.3, 0.4) is 0 Å². The predicted molar refractivity (Wildman–Crippen MR) is 91.2 cm³/mol. The van der Waals surface area contributed by atoms with Gasteiger partial charge >= 0.3 is 6.18 Å². The fourth-order valence-corrected chi connectivity index (χ4v) is 2.51. The number of halogens is 4. The summed E-state index contributed by atoms with van der Waals surface area (Å²) in [6.45, 7) is 1.46. The summed E-state index contributed by atoms with van der Waals surface area (Å²) in [5.74, 6) is -0.827. The van der Waals surface area contributed by atoms with Crippen molar-refractivity contribution in [3.05, 3.63) is 65.5 Å². The Balaban J connectivity index is 1.66. The van der Waals surface area contributed by atoms with E-state index in [1.165, 1.54) is 24.3 Å². The molecule has 1 amide bonds. The number of aromatic nitrogens is 4. The van der Waals surface area contributed by atoms with Crippen molar-refractivity contribution in [2.75, 3.05) is 0 Å². The Hall–Kier alpha value is -3.30. The average molecular weight is 393 g/mol. The van der Waals surface area contributed by atoms with Crippen molar-refractivity contribution in [1.82, 2.24) is 25.5 Å². The van der Waals surface area contributed by atoms with Crippen LogP contribution in [0.15, 0.2) is 48.5 Å². The van der Waals surface area contributed by atoms with Gasteiger partial charge in [0.05, 0.1) is 11.6 Å². The van der Waals surface area contributed by atoms with Gasteiger partial charge in [-0.05, 0) is 42.0 Å². The van der Waals surface area contributed by atoms with E-state index in [4.69, 9.17) is 0 Å². The van der Waals surface area contributed by atoms with Gasteiger partial charge in [0.1, 0.15) is 12.4 Å². The number of alkyl halides is 3. The lowest BCUT2D eigenvalue weighted by atomic mass is 10.1. The summed E-state index contributed by atoms with van der Waals surface area (Å²) in [6, 6.07) is 9.84. The molecule has 2 aromatic carbocycles. The van der Waals surface area contributed by atoms with E-state index >= 15 is 0 Å². The maximum atomic E-state index is 13.0. The molecule has 1 N–H and O–H groups in total. The maximum Gasteiger partial charge on any atom is 0.416 e. The summed E-state index contributed by atoms with van der Waals surface area (Å²) in [7, 11) is 0. The number of hydrogen-bond donors (Lipinski definition) is 1. The van der Waals surface area contributed by atoms with Crippen molar-refractivity contribution >= 4 is 5.91 Å². The van der Waals surface area contributed by atoms with Crippen LogP contribution in [0.1, 0.15) is 24.1 Å². The second-order valence-electron chi connectivity index (χ2n) is 6.06. The first-order chi connectivity index (χ1) is 13.2. The average Bonchev–Trinajstić information content (AvgIpc) is 3.10. The first-order valence-electron chi connectivity index (χ1n) is 8.22. The van der Waals surface area contributed by atoms with E-state index in [2.05, 4.69) is 20.7 Å². The number of amides is 1. The van der Waals surface area contributed by atoms with Crippen LogP contribution >= 0.6 is 0 Å². The minimum atomic E-state index is -4.48. The highest BCUT2D eigenvalue weighted by atomic mass is 19.4. The van der Waals surface area contributed by atoms with Crippen LogP contribution < -0.4 is 5.32 Å². The number of tetrazole rings is 1. The van der Waals surface area contributed by atoms with Crippen LogP contribution in [-0.4, -0.2) is 26.1 Å². The first-order valence-corrected chi connectivity index (χ1v) is 8.22. The summed E-state index contributed by atoms with van der Waals surface area (Å²) >= 11 is 0. The lowest BCUT2D eigenvalue weighted by Crippen LogP contribution is -2.30. The summed E-state index contributed by atoms with van der Waals surface area (Å²) in [6.07, 6.45) is -4.48. The Labute approximate surface area is 157 Å². The largest absolute Gasteiger partial charge is 0.416 e. The standard InChI is InChI=1S/C18H15F4N5O/c1-11(12-5-7-15(19)8-6-12)23-16(28)10-27-25-17(24-26-27)13-3-2-4-14(9-13)18(20,21)22/h2-9,11H,10H2,1H3,(H,23,28). The van der Waals surface area contributed by atoms with Gasteiger partial charge in [0.15, 0.2) is 0 Å². The smallest absolute Gasteiger partial charge is 0.348 e. The van der Waals surface area contributed by atoms with Gasteiger partial charge < -0.3 is 5.32 Å². The van der Waals surface area contributed by atoms with Gasteiger partial charge in [-0.15, -0.1) is 10.2 Å². The monoisotopic (exact) mass is 393 g/mol. The minimum Gasteiger partial charge on any atom is -0.348 e. The molecule has 0 saturated carbocycles. The molecule has 28 heavy (non-hydrogen) atoms. The fourth-order valence-electron chi connectivity index (χ4n) is 2.51. The van der Waals surface area contributed by atoms with Gasteiger partial charge in [-0.25, -0.2) is 4.39 Å². The highest BCUT2D eigenvalue weighted by Gasteiger charge is 2.30. The molecule has 0 bridgehead atoms. The molecular formula is C18H15F4N5O. The molecule has 0 fully saturated rings. The third-order valence-corrected chi connectivity index (χ3v) is 3.93. The van der Waals surface area contributed by atoms with Gasteiger partial charge in [-0.3, -0.25) is 4.79 Å². The highest BCUT2D eigenvalue weighted by Crippen LogP contribution is 2.31. The van der Waals surface area contributed by atoms with Gasteiger partial charge in [0, 0.05) is 5.56 Å². The molecule has 0 radical (unpaired) electrons.